The van der Waals surface area contributed by atoms with Crippen molar-refractivity contribution in [3.8, 4) is 0 Å². The van der Waals surface area contributed by atoms with Gasteiger partial charge in [-0.05, 0) is 96.3 Å². The number of carbonyl (C=O) groups is 2. The number of carbonyl (C=O) groups excluding carboxylic acids is 2. The second-order valence-electron chi connectivity index (χ2n) is 27.7. The van der Waals surface area contributed by atoms with Crippen LogP contribution in [0.25, 0.3) is 0 Å². The van der Waals surface area contributed by atoms with Crippen molar-refractivity contribution in [3.05, 3.63) is 60.8 Å². The predicted octanol–water partition coefficient (Wildman–Crippen LogP) is 26.9. The molecule has 6 nitrogen and oxygen atoms in total. The van der Waals surface area contributed by atoms with Crippen LogP contribution in [0.4, 0.5) is 0 Å². The van der Waals surface area contributed by atoms with Gasteiger partial charge in [0.15, 0.2) is 0 Å². The molecule has 90 heavy (non-hydrogen) atoms. The molecule has 0 aromatic carbocycles. The molecule has 0 fully saturated rings. The maximum Gasteiger partial charge on any atom is 0.305 e. The number of hydrogen-bond acceptors (Lipinski definition) is 5. The Labute approximate surface area is 562 Å². The Morgan fingerprint density at radius 3 is 0.867 bits per heavy atom. The van der Waals surface area contributed by atoms with Gasteiger partial charge >= 0.3 is 5.97 Å². The summed E-state index contributed by atoms with van der Waals surface area (Å²) in [6.45, 7) is 4.91. The van der Waals surface area contributed by atoms with E-state index in [4.69, 9.17) is 4.74 Å². The molecule has 0 aliphatic heterocycles. The fourth-order valence-electron chi connectivity index (χ4n) is 12.6. The first-order valence-electron chi connectivity index (χ1n) is 40.6. The standard InChI is InChI=1S/C84H157NO5/c1-3-5-7-9-11-13-15-17-19-20-42-46-50-54-58-62-66-70-74-78-84(89)90-79-75-71-67-63-59-55-51-47-44-41-39-37-35-33-31-29-27-25-23-21-22-24-26-28-30-32-34-36-38-40-43-45-49-53-57-61-65-69-73-77-83(88)85-81(80-86)82(87)76-72-68-64-60-56-52-48-18-16-14-12-10-8-6-4-2/h11,13,17,19,21-22,25,27,72,76,81-82,86-87H,3-10,12,14-16,18,20,23-24,26,28-71,73-75,77-80H2,1-2H3,(H,85,88)/b13-11-,19-17-,22-21-,27-25-,76-72+. The van der Waals surface area contributed by atoms with E-state index in [2.05, 4.69) is 67.8 Å². The van der Waals surface area contributed by atoms with Crippen molar-refractivity contribution in [2.75, 3.05) is 13.2 Å². The lowest BCUT2D eigenvalue weighted by Crippen LogP contribution is -2.45. The van der Waals surface area contributed by atoms with Gasteiger partial charge < -0.3 is 20.3 Å². The van der Waals surface area contributed by atoms with E-state index in [1.165, 1.54) is 353 Å². The summed E-state index contributed by atoms with van der Waals surface area (Å²) in [5.74, 6) is -0.0461. The normalized spacial score (nSPS) is 12.8. The molecule has 6 heteroatoms. The topological polar surface area (TPSA) is 95.9 Å². The van der Waals surface area contributed by atoms with E-state index in [9.17, 15) is 19.8 Å². The number of amides is 1. The van der Waals surface area contributed by atoms with Crippen LogP contribution in [0.3, 0.4) is 0 Å². The van der Waals surface area contributed by atoms with E-state index in [1.807, 2.05) is 6.08 Å². The molecule has 2 atom stereocenters. The SMILES string of the molecule is CCCCC/C=C\C/C=C\CCCCCCCCCCCC(=O)OCCCCCCCCCCCCCCCCC/C=C\C/C=C\CCCCCCCCCCCCCCCCCCCC(=O)NC(CO)C(O)/C=C/CCCCCCCCCCCCCCC. The average Bonchev–Trinajstić information content (AvgIpc) is 3.68. The van der Waals surface area contributed by atoms with Gasteiger partial charge in [0.05, 0.1) is 25.4 Å². The molecule has 1 amide bonds. The maximum absolute atomic E-state index is 12.5. The Morgan fingerprint density at radius 2 is 0.556 bits per heavy atom. The first-order chi connectivity index (χ1) is 44.5. The van der Waals surface area contributed by atoms with Gasteiger partial charge in [-0.25, -0.2) is 0 Å². The molecule has 0 saturated carbocycles. The molecule has 0 aliphatic rings. The van der Waals surface area contributed by atoms with Crippen molar-refractivity contribution in [2.24, 2.45) is 0 Å². The largest absolute Gasteiger partial charge is 0.466 e. The molecule has 0 heterocycles. The first-order valence-corrected chi connectivity index (χ1v) is 40.6. The van der Waals surface area contributed by atoms with E-state index in [0.717, 1.165) is 57.8 Å². The van der Waals surface area contributed by atoms with Gasteiger partial charge in [-0.1, -0.05) is 389 Å². The minimum Gasteiger partial charge on any atom is -0.466 e. The molecule has 0 aromatic heterocycles. The van der Waals surface area contributed by atoms with Crippen LogP contribution in [-0.2, 0) is 14.3 Å². The van der Waals surface area contributed by atoms with Gasteiger partial charge in [0, 0.05) is 12.8 Å². The number of aliphatic hydroxyl groups is 2. The Kier molecular flexibility index (Phi) is 76.9. The molecule has 0 rings (SSSR count). The van der Waals surface area contributed by atoms with Gasteiger partial charge in [-0.2, -0.15) is 0 Å². The number of hydrogen-bond donors (Lipinski definition) is 3. The maximum atomic E-state index is 12.5. The monoisotopic (exact) mass is 1260 g/mol. The summed E-state index contributed by atoms with van der Waals surface area (Å²) in [4.78, 5) is 24.6. The van der Waals surface area contributed by atoms with Crippen LogP contribution in [0.1, 0.15) is 438 Å². The number of nitrogens with one attached hydrogen (secondary N) is 1. The highest BCUT2D eigenvalue weighted by molar-refractivity contribution is 5.76. The minimum absolute atomic E-state index is 0.0166. The van der Waals surface area contributed by atoms with Gasteiger partial charge in [0.1, 0.15) is 0 Å². The Morgan fingerprint density at radius 1 is 0.311 bits per heavy atom. The summed E-state index contributed by atoms with van der Waals surface area (Å²) in [5.41, 5.74) is 0. The number of unbranched alkanes of at least 4 members (excludes halogenated alkanes) is 57. The lowest BCUT2D eigenvalue weighted by molar-refractivity contribution is -0.143. The Balaban J connectivity index is 3.36. The Hall–Kier alpha value is -2.44. The quantitative estimate of drug-likeness (QED) is 0.0320. The molecule has 0 aliphatic carbocycles. The summed E-state index contributed by atoms with van der Waals surface area (Å²) in [6.07, 6.45) is 106. The van der Waals surface area contributed by atoms with Crippen LogP contribution >= 0.6 is 0 Å². The lowest BCUT2D eigenvalue weighted by atomic mass is 10.0. The third-order valence-electron chi connectivity index (χ3n) is 18.8. The zero-order valence-corrected chi connectivity index (χ0v) is 60.6. The molecule has 0 bridgehead atoms. The zero-order valence-electron chi connectivity index (χ0n) is 60.6. The second kappa shape index (κ2) is 79.0. The van der Waals surface area contributed by atoms with Crippen molar-refractivity contribution in [2.45, 2.75) is 450 Å². The average molecular weight is 1260 g/mol. The van der Waals surface area contributed by atoms with E-state index in [-0.39, 0.29) is 18.5 Å². The summed E-state index contributed by atoms with van der Waals surface area (Å²) >= 11 is 0. The summed E-state index contributed by atoms with van der Waals surface area (Å²) < 4.78 is 5.51. The van der Waals surface area contributed by atoms with Gasteiger partial charge in [-0.3, -0.25) is 9.59 Å². The summed E-state index contributed by atoms with van der Waals surface area (Å²) in [5, 5.41) is 23.2. The molecule has 0 saturated heterocycles. The van der Waals surface area contributed by atoms with Crippen molar-refractivity contribution in [3.63, 3.8) is 0 Å². The van der Waals surface area contributed by atoms with Crippen LogP contribution in [0.2, 0.25) is 0 Å². The molecular formula is C84H157NO5. The van der Waals surface area contributed by atoms with Gasteiger partial charge in [0.25, 0.3) is 0 Å². The van der Waals surface area contributed by atoms with Crippen molar-refractivity contribution >= 4 is 11.9 Å². The fourth-order valence-corrected chi connectivity index (χ4v) is 12.6. The zero-order chi connectivity index (χ0) is 64.9. The van der Waals surface area contributed by atoms with Crippen LogP contribution in [0.15, 0.2) is 60.8 Å². The number of ether oxygens (including phenoxy) is 1. The van der Waals surface area contributed by atoms with Crippen LogP contribution in [0, 0.1) is 0 Å². The number of allylic oxidation sites excluding steroid dienone is 9. The summed E-state index contributed by atoms with van der Waals surface area (Å²) in [6, 6.07) is -0.626. The van der Waals surface area contributed by atoms with E-state index >= 15 is 0 Å². The number of rotatable bonds is 76. The van der Waals surface area contributed by atoms with Crippen LogP contribution in [-0.4, -0.2) is 47.4 Å². The van der Waals surface area contributed by atoms with Gasteiger partial charge in [-0.15, -0.1) is 0 Å². The van der Waals surface area contributed by atoms with Crippen molar-refractivity contribution in [1.29, 1.82) is 0 Å². The molecule has 2 unspecified atom stereocenters. The smallest absolute Gasteiger partial charge is 0.305 e. The fraction of sp³-hybridized carbons (Fsp3) is 0.857. The highest BCUT2D eigenvalue weighted by Gasteiger charge is 2.18. The van der Waals surface area contributed by atoms with Crippen molar-refractivity contribution in [1.82, 2.24) is 5.32 Å². The second-order valence-corrected chi connectivity index (χ2v) is 27.7. The third kappa shape index (κ3) is 74.6. The highest BCUT2D eigenvalue weighted by atomic mass is 16.5. The highest BCUT2D eigenvalue weighted by Crippen LogP contribution is 2.19. The first kappa shape index (κ1) is 87.6. The van der Waals surface area contributed by atoms with E-state index < -0.39 is 12.1 Å². The molecule has 0 radical (unpaired) electrons. The van der Waals surface area contributed by atoms with Crippen LogP contribution < -0.4 is 5.32 Å². The third-order valence-corrected chi connectivity index (χ3v) is 18.8. The number of esters is 1. The van der Waals surface area contributed by atoms with Crippen molar-refractivity contribution < 1.29 is 24.5 Å². The Bertz CT molecular complexity index is 1550. The van der Waals surface area contributed by atoms with E-state index in [1.54, 1.807) is 6.08 Å². The molecule has 3 N–H and O–H groups in total. The predicted molar refractivity (Wildman–Crippen MR) is 398 cm³/mol. The molecular weight excluding hydrogens is 1100 g/mol. The summed E-state index contributed by atoms with van der Waals surface area (Å²) in [7, 11) is 0. The molecule has 0 aromatic rings. The molecule has 528 valence electrons. The number of aliphatic hydroxyl groups excluding tert-OH is 2. The lowest BCUT2D eigenvalue weighted by Gasteiger charge is -2.20. The minimum atomic E-state index is -0.843. The van der Waals surface area contributed by atoms with Crippen LogP contribution in [0.5, 0.6) is 0 Å². The van der Waals surface area contributed by atoms with E-state index in [0.29, 0.717) is 19.4 Å². The molecule has 0 spiro atoms. The van der Waals surface area contributed by atoms with Gasteiger partial charge in [0.2, 0.25) is 5.91 Å².